The van der Waals surface area contributed by atoms with Crippen LogP contribution in [-0.4, -0.2) is 128 Å². The Balaban J connectivity index is 1.38. The van der Waals surface area contributed by atoms with E-state index in [2.05, 4.69) is 16.0 Å². The SMILES string of the molecule is CCC(CC)C(=O)OC(C)(C)CCCCC(=O)C[C@H](C(=O)N[C@@H](CCCNC(N)=O)C(=O)Cc1ccc(NC(=O)O[C@H]2CC(=O)N(C)c3cc(cc(OC)c3Cl)C/C(C)=C/C=C/[C@@H](OC)[C@]3(O)CC(=O)O[C@@H](C3)[C@@H](C)[C@@H]3O[C@@]23C)c(C(F)(F)F)c1)C(C)C. The van der Waals surface area contributed by atoms with Crippen LogP contribution in [0.25, 0.3) is 0 Å². The normalized spacial score (nSPS) is 24.2. The summed E-state index contributed by atoms with van der Waals surface area (Å²) < 4.78 is 80.3. The molecule has 9 atom stereocenters. The molecule has 0 aliphatic carbocycles. The lowest BCUT2D eigenvalue weighted by molar-refractivity contribution is -0.187. The molecule has 3 heterocycles. The highest BCUT2D eigenvalue weighted by atomic mass is 35.5. The fraction of sp³-hybridized carbons (Fsp3) is 0.625. The number of ether oxygens (including phenoxy) is 6. The van der Waals surface area contributed by atoms with E-state index in [9.17, 15) is 43.5 Å². The van der Waals surface area contributed by atoms with Crippen LogP contribution in [0.2, 0.25) is 5.02 Å². The Labute approximate surface area is 518 Å². The number of hydrogen-bond acceptors (Lipinski definition) is 15. The molecule has 0 saturated carbocycles. The number of hydrogen-bond donors (Lipinski definition) is 5. The summed E-state index contributed by atoms with van der Waals surface area (Å²) in [6.07, 6.45) is -4.25. The van der Waals surface area contributed by atoms with Crippen LogP contribution in [0.3, 0.4) is 0 Å². The minimum absolute atomic E-state index is 0.00296. The molecule has 24 heteroatoms. The quantitative estimate of drug-likeness (QED) is 0.0268. The minimum Gasteiger partial charge on any atom is -0.495 e. The number of nitrogens with two attached hydrogens (primary N) is 1. The zero-order chi connectivity index (χ0) is 65.6. The van der Waals surface area contributed by atoms with Crippen molar-refractivity contribution in [1.82, 2.24) is 10.6 Å². The van der Waals surface area contributed by atoms with E-state index in [0.29, 0.717) is 50.2 Å². The number of anilines is 2. The van der Waals surface area contributed by atoms with Crippen LogP contribution < -0.4 is 31.3 Å². The second-order valence-electron chi connectivity index (χ2n) is 24.6. The van der Waals surface area contributed by atoms with E-state index >= 15 is 13.2 Å². The van der Waals surface area contributed by atoms with Crippen molar-refractivity contribution in [2.75, 3.05) is 38.0 Å². The van der Waals surface area contributed by atoms with Gasteiger partial charge in [0.25, 0.3) is 0 Å². The summed E-state index contributed by atoms with van der Waals surface area (Å²) in [5, 5.41) is 19.4. The summed E-state index contributed by atoms with van der Waals surface area (Å²) in [5.74, 6) is -5.08. The number of unbranched alkanes of at least 4 members (excludes halogenated alkanes) is 1. The molecule has 0 aromatic heterocycles. The number of fused-ring (bicyclic) bond motifs is 5. The molecule has 2 fully saturated rings. The summed E-state index contributed by atoms with van der Waals surface area (Å²) in [4.78, 5) is 109. The van der Waals surface area contributed by atoms with Gasteiger partial charge in [-0.1, -0.05) is 76.1 Å². The summed E-state index contributed by atoms with van der Waals surface area (Å²) in [7, 11) is 4.24. The van der Waals surface area contributed by atoms with Gasteiger partial charge in [-0.05, 0) is 120 Å². The summed E-state index contributed by atoms with van der Waals surface area (Å²) in [5.41, 5.74) is 0.697. The first-order valence-electron chi connectivity index (χ1n) is 30.1. The number of allylic oxidation sites excluding steroid dienone is 3. The van der Waals surface area contributed by atoms with Gasteiger partial charge in [0.1, 0.15) is 51.7 Å². The van der Waals surface area contributed by atoms with Crippen molar-refractivity contribution in [2.24, 2.45) is 29.4 Å². The number of halogens is 4. The van der Waals surface area contributed by atoms with E-state index < -0.39 is 131 Å². The zero-order valence-corrected chi connectivity index (χ0v) is 53.4. The molecular weight excluding hydrogens is 1170 g/mol. The van der Waals surface area contributed by atoms with Crippen LogP contribution in [0.4, 0.5) is 34.1 Å². The Morgan fingerprint density at radius 1 is 1.01 bits per heavy atom. The van der Waals surface area contributed by atoms with Crippen LogP contribution in [0, 0.1) is 23.7 Å². The average molecular weight is 1260 g/mol. The molecule has 2 aromatic carbocycles. The third-order valence-electron chi connectivity index (χ3n) is 16.9. The number of primary amides is 1. The lowest BCUT2D eigenvalue weighted by Crippen LogP contribution is -2.53. The molecule has 2 saturated heterocycles. The van der Waals surface area contributed by atoms with Gasteiger partial charge >= 0.3 is 30.2 Å². The van der Waals surface area contributed by atoms with Gasteiger partial charge in [-0.15, -0.1) is 0 Å². The predicted molar refractivity (Wildman–Crippen MR) is 323 cm³/mol. The highest BCUT2D eigenvalue weighted by Gasteiger charge is 2.64. The Hall–Kier alpha value is -6.56. The van der Waals surface area contributed by atoms with Gasteiger partial charge in [0, 0.05) is 58.2 Å². The lowest BCUT2D eigenvalue weighted by Gasteiger charge is -2.41. The van der Waals surface area contributed by atoms with E-state index in [1.165, 1.54) is 39.2 Å². The first kappa shape index (κ1) is 72.2. The van der Waals surface area contributed by atoms with E-state index in [0.717, 1.165) is 11.6 Å². The molecular formula is C64H89ClF3N5O15. The molecule has 5 rings (SSSR count). The second-order valence-corrected chi connectivity index (χ2v) is 25.0. The Morgan fingerprint density at radius 3 is 2.33 bits per heavy atom. The lowest BCUT2D eigenvalue weighted by atomic mass is 9.78. The molecule has 0 unspecified atom stereocenters. The molecule has 0 spiro atoms. The Kier molecular flexibility index (Phi) is 25.6. The number of ketones is 2. The topological polar surface area (TPSA) is 281 Å². The van der Waals surface area contributed by atoms with Gasteiger partial charge in [0.2, 0.25) is 11.8 Å². The van der Waals surface area contributed by atoms with Crippen molar-refractivity contribution in [1.29, 1.82) is 0 Å². The van der Waals surface area contributed by atoms with E-state index in [1.54, 1.807) is 45.1 Å². The highest BCUT2D eigenvalue weighted by Crippen LogP contribution is 2.50. The number of methoxy groups -OCH3 is 2. The molecule has 4 bridgehead atoms. The molecule has 2 aromatic rings. The molecule has 5 amide bonds. The number of benzene rings is 2. The van der Waals surface area contributed by atoms with Crippen molar-refractivity contribution >= 4 is 70.4 Å². The van der Waals surface area contributed by atoms with Gasteiger partial charge in [0.15, 0.2) is 5.78 Å². The van der Waals surface area contributed by atoms with Gasteiger partial charge < -0.3 is 54.8 Å². The van der Waals surface area contributed by atoms with Crippen LogP contribution in [0.5, 0.6) is 5.75 Å². The van der Waals surface area contributed by atoms with E-state index in [4.69, 9.17) is 45.8 Å². The molecule has 0 radical (unpaired) electrons. The number of epoxide rings is 1. The Morgan fingerprint density at radius 2 is 1.70 bits per heavy atom. The first-order valence-corrected chi connectivity index (χ1v) is 30.4. The van der Waals surface area contributed by atoms with Gasteiger partial charge in [-0.25, -0.2) is 9.59 Å². The maximum atomic E-state index is 15.1. The number of carbonyl (C=O) groups excluding carboxylic acids is 8. The summed E-state index contributed by atoms with van der Waals surface area (Å²) >= 11 is 6.81. The largest absolute Gasteiger partial charge is 0.495 e. The monoisotopic (exact) mass is 1260 g/mol. The zero-order valence-electron chi connectivity index (χ0n) is 52.6. The fourth-order valence-corrected chi connectivity index (χ4v) is 11.8. The smallest absolute Gasteiger partial charge is 0.418 e. The number of nitrogens with one attached hydrogen (secondary N) is 3. The predicted octanol–water partition coefficient (Wildman–Crippen LogP) is 10.2. The molecule has 6 N–H and O–H groups in total. The maximum absolute atomic E-state index is 15.1. The van der Waals surface area contributed by atoms with Crippen LogP contribution in [-0.2, 0) is 71.5 Å². The average Bonchev–Trinajstić information content (AvgIpc) is 1.63. The fourth-order valence-electron chi connectivity index (χ4n) is 11.5. The number of esters is 2. The number of amides is 5. The summed E-state index contributed by atoms with van der Waals surface area (Å²) in [6, 6.07) is 4.06. The van der Waals surface area contributed by atoms with Crippen molar-refractivity contribution in [2.45, 2.75) is 206 Å². The Bertz CT molecular complexity index is 2910. The molecule has 3 aliphatic heterocycles. The third-order valence-corrected chi connectivity index (χ3v) is 17.3. The number of alkyl halides is 3. The third kappa shape index (κ3) is 19.7. The number of rotatable bonds is 25. The van der Waals surface area contributed by atoms with E-state index in [-0.39, 0.29) is 84.3 Å². The molecule has 20 nitrogen and oxygen atoms in total. The number of Topliss-reactive ketones (excluding diaryl/α,β-unsaturated/α-hetero) is 2. The van der Waals surface area contributed by atoms with Gasteiger partial charge in [-0.3, -0.25) is 34.1 Å². The van der Waals surface area contributed by atoms with Gasteiger partial charge in [0.05, 0.1) is 55.0 Å². The molecule has 3 aliphatic rings. The number of nitrogens with zero attached hydrogens (tertiary/aromatic N) is 1. The van der Waals surface area contributed by atoms with Crippen molar-refractivity contribution in [3.8, 4) is 5.75 Å². The summed E-state index contributed by atoms with van der Waals surface area (Å²) in [6.45, 7) is 16.1. The van der Waals surface area contributed by atoms with Crippen molar-refractivity contribution in [3.05, 3.63) is 75.8 Å². The van der Waals surface area contributed by atoms with E-state index in [1.807, 2.05) is 40.7 Å². The maximum Gasteiger partial charge on any atom is 0.418 e. The highest BCUT2D eigenvalue weighted by molar-refractivity contribution is 6.35. The van der Waals surface area contributed by atoms with Crippen LogP contribution in [0.15, 0.2) is 54.1 Å². The van der Waals surface area contributed by atoms with Crippen LogP contribution >= 0.6 is 11.6 Å². The first-order chi connectivity index (χ1) is 41.2. The van der Waals surface area contributed by atoms with Crippen molar-refractivity contribution < 1.29 is 85.1 Å². The standard InChI is InChI=1S/C64H89ClF3N5O15/c1-13-41(14-2)58(79)88-61(7,8)25-16-15-20-42(74)32-43(36(3)4)57(78)71-46(21-18-26-70-59(69)80)48(75)30-39-23-24-45(44(28-39)64(66,67)68)72-60(81)86-52-33-53(76)73(10)47-29-40(31-49(83-11)55(47)65)27-37(5)19-17-22-51(84-12)63(82)34-50(85-54(77)35-63)38(6)56-62(52,9)87-56/h17,19,22-24,28-29,31,36,38,41,43,46,50-52,56,82H,13-16,18,20-21,25-27,30,32-35H2,1-12H3,(H,71,78)(H,72,81)(H3,69,70,80)/b22-17+,37-19+/t38-,43+,46+,50+,51-,52+,56+,62+,63-/m1/s1. The van der Waals surface area contributed by atoms with Crippen LogP contribution in [0.1, 0.15) is 156 Å². The van der Waals surface area contributed by atoms with Crippen molar-refractivity contribution in [3.63, 3.8) is 0 Å². The minimum atomic E-state index is -5.13. The second kappa shape index (κ2) is 31.3. The van der Waals surface area contributed by atoms with Gasteiger partial charge in [-0.2, -0.15) is 13.2 Å². The molecule has 88 heavy (non-hydrogen) atoms. The number of aliphatic hydroxyl groups is 1. The molecule has 488 valence electrons. The number of urea groups is 1. The number of carbonyl (C=O) groups is 8.